The quantitative estimate of drug-likeness (QED) is 0.750. The van der Waals surface area contributed by atoms with Crippen molar-refractivity contribution in [1.82, 2.24) is 9.80 Å². The van der Waals surface area contributed by atoms with E-state index in [1.807, 2.05) is 24.9 Å². The fourth-order valence-corrected chi connectivity index (χ4v) is 4.52. The van der Waals surface area contributed by atoms with Crippen molar-refractivity contribution in [1.29, 1.82) is 0 Å². The summed E-state index contributed by atoms with van der Waals surface area (Å²) in [5.41, 5.74) is 2.39. The number of benzene rings is 1. The zero-order valence-corrected chi connectivity index (χ0v) is 16.5. The van der Waals surface area contributed by atoms with E-state index in [0.29, 0.717) is 37.0 Å². The minimum atomic E-state index is 0.310. The van der Waals surface area contributed by atoms with E-state index in [2.05, 4.69) is 24.1 Å². The smallest absolute Gasteiger partial charge is 0.222 e. The number of piperidine rings is 1. The van der Waals surface area contributed by atoms with Crippen LogP contribution in [0.25, 0.3) is 0 Å². The Morgan fingerprint density at radius 2 is 2.04 bits per heavy atom. The Labute approximate surface area is 157 Å². The van der Waals surface area contributed by atoms with Crippen LogP contribution in [0.3, 0.4) is 0 Å². The van der Waals surface area contributed by atoms with Crippen LogP contribution in [-0.2, 0) is 22.7 Å². The minimum Gasteiger partial charge on any atom is -0.496 e. The largest absolute Gasteiger partial charge is 0.496 e. The molecule has 2 aliphatic rings. The highest BCUT2D eigenvalue weighted by atomic mass is 16.5. The number of fused-ring (bicyclic) bond motifs is 1. The summed E-state index contributed by atoms with van der Waals surface area (Å²) < 4.78 is 11.0. The molecule has 1 aromatic carbocycles. The summed E-state index contributed by atoms with van der Waals surface area (Å²) in [5.74, 6) is 2.42. The van der Waals surface area contributed by atoms with Gasteiger partial charge < -0.3 is 14.4 Å². The first kappa shape index (κ1) is 19.2. The van der Waals surface area contributed by atoms with E-state index in [9.17, 15) is 4.79 Å². The highest BCUT2D eigenvalue weighted by Crippen LogP contribution is 2.40. The molecule has 0 aromatic heterocycles. The molecule has 0 N–H and O–H groups in total. The predicted molar refractivity (Wildman–Crippen MR) is 102 cm³/mol. The Kier molecular flexibility index (Phi) is 6.20. The van der Waals surface area contributed by atoms with Crippen molar-refractivity contribution in [2.75, 3.05) is 34.4 Å². The average molecular weight is 360 g/mol. The number of ether oxygens (including phenoxy) is 2. The number of methoxy groups -OCH3 is 1. The molecule has 2 fully saturated rings. The average Bonchev–Trinajstić information content (AvgIpc) is 3.03. The summed E-state index contributed by atoms with van der Waals surface area (Å²) in [4.78, 5) is 16.3. The van der Waals surface area contributed by atoms with Crippen molar-refractivity contribution in [3.63, 3.8) is 0 Å². The summed E-state index contributed by atoms with van der Waals surface area (Å²) >= 11 is 0. The molecule has 1 aliphatic heterocycles. The van der Waals surface area contributed by atoms with E-state index in [-0.39, 0.29) is 0 Å². The maximum absolute atomic E-state index is 12.0. The molecule has 3 atom stereocenters. The van der Waals surface area contributed by atoms with Gasteiger partial charge in [0.15, 0.2) is 0 Å². The van der Waals surface area contributed by atoms with Gasteiger partial charge in [-0.2, -0.15) is 0 Å². The molecule has 5 nitrogen and oxygen atoms in total. The van der Waals surface area contributed by atoms with Crippen molar-refractivity contribution in [3.8, 4) is 5.75 Å². The number of hydrogen-bond acceptors (Lipinski definition) is 4. The van der Waals surface area contributed by atoms with E-state index in [1.54, 1.807) is 7.11 Å². The zero-order valence-electron chi connectivity index (χ0n) is 16.5. The van der Waals surface area contributed by atoms with Crippen LogP contribution in [-0.4, -0.2) is 56.1 Å². The van der Waals surface area contributed by atoms with Crippen molar-refractivity contribution in [2.45, 2.75) is 45.4 Å². The number of likely N-dealkylation sites (tertiary alicyclic amines) is 1. The van der Waals surface area contributed by atoms with Crippen LogP contribution in [0.15, 0.2) is 18.2 Å². The molecular formula is C21H32N2O3. The van der Waals surface area contributed by atoms with Gasteiger partial charge in [-0.15, -0.1) is 0 Å². The van der Waals surface area contributed by atoms with Gasteiger partial charge in [0.05, 0.1) is 13.7 Å². The summed E-state index contributed by atoms with van der Waals surface area (Å²) in [7, 11) is 5.85. The standard InChI is InChI=1S/C21H32N2O3/c1-5-26-14-18-8-15(6-7-20(18)25-4)12-22(2)19-9-16-11-21(24)23(3)13-17(16)10-19/h6-8,16-17,19H,5,9-14H2,1-4H3/t16-,17+,19-/m0/s1. The van der Waals surface area contributed by atoms with Gasteiger partial charge in [0.1, 0.15) is 5.75 Å². The maximum Gasteiger partial charge on any atom is 0.222 e. The molecule has 5 heteroatoms. The van der Waals surface area contributed by atoms with Crippen molar-refractivity contribution in [3.05, 3.63) is 29.3 Å². The summed E-state index contributed by atoms with van der Waals surface area (Å²) in [6.07, 6.45) is 3.07. The molecule has 1 aliphatic carbocycles. The fraction of sp³-hybridized carbons (Fsp3) is 0.667. The molecule has 0 radical (unpaired) electrons. The van der Waals surface area contributed by atoms with Gasteiger partial charge in [0, 0.05) is 44.8 Å². The first-order chi connectivity index (χ1) is 12.5. The molecule has 1 saturated heterocycles. The molecular weight excluding hydrogens is 328 g/mol. The first-order valence-electron chi connectivity index (χ1n) is 9.69. The third kappa shape index (κ3) is 4.21. The van der Waals surface area contributed by atoms with E-state index in [4.69, 9.17) is 9.47 Å². The highest BCUT2D eigenvalue weighted by molar-refractivity contribution is 5.77. The molecule has 1 aromatic rings. The molecule has 0 spiro atoms. The molecule has 0 bridgehead atoms. The van der Waals surface area contributed by atoms with Gasteiger partial charge in [-0.1, -0.05) is 6.07 Å². The van der Waals surface area contributed by atoms with Crippen molar-refractivity contribution >= 4 is 5.91 Å². The predicted octanol–water partition coefficient (Wildman–Crippen LogP) is 2.92. The van der Waals surface area contributed by atoms with Gasteiger partial charge in [0.2, 0.25) is 5.91 Å². The number of carbonyl (C=O) groups excluding carboxylic acids is 1. The molecule has 1 amide bonds. The topological polar surface area (TPSA) is 42.0 Å². The van der Waals surface area contributed by atoms with E-state index in [0.717, 1.165) is 37.2 Å². The van der Waals surface area contributed by atoms with Gasteiger partial charge >= 0.3 is 0 Å². The highest BCUT2D eigenvalue weighted by Gasteiger charge is 2.41. The molecule has 1 saturated carbocycles. The number of nitrogens with zero attached hydrogens (tertiary/aromatic N) is 2. The first-order valence-corrected chi connectivity index (χ1v) is 9.69. The van der Waals surface area contributed by atoms with Crippen molar-refractivity contribution < 1.29 is 14.3 Å². The maximum atomic E-state index is 12.0. The third-order valence-electron chi connectivity index (χ3n) is 6.05. The Balaban J connectivity index is 1.63. The van der Waals surface area contributed by atoms with Crippen molar-refractivity contribution in [2.24, 2.45) is 11.8 Å². The van der Waals surface area contributed by atoms with E-state index < -0.39 is 0 Å². The molecule has 0 unspecified atom stereocenters. The summed E-state index contributed by atoms with van der Waals surface area (Å²) in [6.45, 7) is 5.13. The molecule has 26 heavy (non-hydrogen) atoms. The van der Waals surface area contributed by atoms with Crippen LogP contribution in [0.4, 0.5) is 0 Å². The fourth-order valence-electron chi connectivity index (χ4n) is 4.52. The van der Waals surface area contributed by atoms with Crippen LogP contribution < -0.4 is 4.74 Å². The van der Waals surface area contributed by atoms with Gasteiger partial charge in [-0.25, -0.2) is 0 Å². The lowest BCUT2D eigenvalue weighted by atomic mass is 9.88. The molecule has 144 valence electrons. The molecule has 3 rings (SSSR count). The summed E-state index contributed by atoms with van der Waals surface area (Å²) in [5, 5.41) is 0. The number of rotatable bonds is 7. The summed E-state index contributed by atoms with van der Waals surface area (Å²) in [6, 6.07) is 6.94. The van der Waals surface area contributed by atoms with E-state index in [1.165, 1.54) is 12.0 Å². The lowest BCUT2D eigenvalue weighted by Crippen LogP contribution is -2.39. The van der Waals surface area contributed by atoms with E-state index >= 15 is 0 Å². The van der Waals surface area contributed by atoms with Crippen LogP contribution in [0.2, 0.25) is 0 Å². The lowest BCUT2D eigenvalue weighted by Gasteiger charge is -2.31. The monoisotopic (exact) mass is 360 g/mol. The van der Waals surface area contributed by atoms with Crippen LogP contribution in [0.1, 0.15) is 37.3 Å². The second-order valence-corrected chi connectivity index (χ2v) is 7.82. The van der Waals surface area contributed by atoms with Crippen LogP contribution in [0.5, 0.6) is 5.75 Å². The van der Waals surface area contributed by atoms with Gasteiger partial charge in [0.25, 0.3) is 0 Å². The minimum absolute atomic E-state index is 0.310. The Morgan fingerprint density at radius 1 is 1.27 bits per heavy atom. The lowest BCUT2D eigenvalue weighted by molar-refractivity contribution is -0.134. The number of amides is 1. The Bertz CT molecular complexity index is 634. The van der Waals surface area contributed by atoms with Crippen LogP contribution in [0, 0.1) is 11.8 Å². The third-order valence-corrected chi connectivity index (χ3v) is 6.05. The van der Waals surface area contributed by atoms with Crippen LogP contribution >= 0.6 is 0 Å². The molecule has 1 heterocycles. The second kappa shape index (κ2) is 8.40. The zero-order chi connectivity index (χ0) is 18.7. The Morgan fingerprint density at radius 3 is 2.77 bits per heavy atom. The van der Waals surface area contributed by atoms with Gasteiger partial charge in [-0.05, 0) is 56.3 Å². The van der Waals surface area contributed by atoms with Gasteiger partial charge in [-0.3, -0.25) is 9.69 Å². The Hall–Kier alpha value is -1.59. The number of carbonyl (C=O) groups is 1. The second-order valence-electron chi connectivity index (χ2n) is 7.82. The SMILES string of the molecule is CCOCc1cc(CN(C)[C@H]2C[C@H]3CC(=O)N(C)C[C@H]3C2)ccc1OC. The number of hydrogen-bond donors (Lipinski definition) is 0. The normalized spacial score (nSPS) is 25.7.